The first kappa shape index (κ1) is 58.8. The van der Waals surface area contributed by atoms with E-state index >= 15 is 0 Å². The largest absolute Gasteiger partial charge is 0.416 e. The number of aromatic amines is 1. The summed E-state index contributed by atoms with van der Waals surface area (Å²) in [5.74, 6) is 0. The van der Waals surface area contributed by atoms with Crippen LogP contribution in [-0.2, 0) is 55.6 Å². The molecule has 3 amide bonds. The van der Waals surface area contributed by atoms with Crippen molar-refractivity contribution in [1.82, 2.24) is 36.2 Å². The van der Waals surface area contributed by atoms with Gasteiger partial charge in [-0.2, -0.15) is 57.8 Å². The molecule has 77 heavy (non-hydrogen) atoms. The highest BCUT2D eigenvalue weighted by Crippen LogP contribution is 2.46. The Morgan fingerprint density at radius 2 is 1.16 bits per heavy atom. The van der Waals surface area contributed by atoms with E-state index in [1.54, 1.807) is 36.4 Å². The van der Waals surface area contributed by atoms with E-state index in [9.17, 15) is 67.1 Å². The standard InChI is InChI=1S/C26H26F6N4O3.C25H23F6N5O2/c1-17(18-12-20(25(27,28)29)14-21(13-18)26(30,31)32)39-15-23(19-6-4-3-5-7-19)8-10-24(33-2,11-9-23)35-22(38)36-34-16-37;1-16(17-10-19(24(26,27)28)12-20(11-17)25(29,30)31)38-14-22(18-6-4-3-5-7-18)8-9-23(32-2,13-33-22)36-15-34-35-21(36)37/h3-7,12-14,16-17H,8-11,15H2,1H3,(H,34,37)(H2,35,36,38);3-7,10-12,15-16,33H,8-9,13-14H2,1H3,(H,35,37)/t17-,23?,24?;16-,22-,23+/m11/s1. The number of piperidine rings is 1. The number of rotatable bonds is 14. The van der Waals surface area contributed by atoms with Gasteiger partial charge in [-0.3, -0.25) is 30.5 Å². The molecule has 0 unspecified atom stereocenters. The summed E-state index contributed by atoms with van der Waals surface area (Å²) < 4.78 is 173. The number of halogens is 12. The summed E-state index contributed by atoms with van der Waals surface area (Å²) in [6.07, 6.45) is -19.1. The van der Waals surface area contributed by atoms with Gasteiger partial charge < -0.3 is 9.47 Å². The number of aromatic nitrogens is 3. The van der Waals surface area contributed by atoms with Crippen LogP contribution in [0.3, 0.4) is 0 Å². The molecule has 1 aliphatic heterocycles. The number of carbonyl (C=O) groups excluding carboxylic acids is 2. The van der Waals surface area contributed by atoms with E-state index in [4.69, 9.17) is 22.6 Å². The number of H-pyrrole nitrogens is 1. The van der Waals surface area contributed by atoms with Crippen molar-refractivity contribution in [2.75, 3.05) is 19.8 Å². The highest BCUT2D eigenvalue weighted by molar-refractivity contribution is 5.76. The zero-order valence-corrected chi connectivity index (χ0v) is 40.8. The Morgan fingerprint density at radius 3 is 1.55 bits per heavy atom. The van der Waals surface area contributed by atoms with Gasteiger partial charge in [0.15, 0.2) is 0 Å². The molecule has 5 N–H and O–H groups in total. The number of ether oxygens (including phenoxy) is 2. The molecule has 14 nitrogen and oxygen atoms in total. The molecule has 4 aromatic carbocycles. The van der Waals surface area contributed by atoms with Crippen molar-refractivity contribution >= 4 is 12.4 Å². The number of benzene rings is 4. The van der Waals surface area contributed by atoms with E-state index < -0.39 is 93.2 Å². The lowest BCUT2D eigenvalue weighted by atomic mass is 9.67. The van der Waals surface area contributed by atoms with E-state index in [0.29, 0.717) is 37.1 Å². The van der Waals surface area contributed by atoms with Crippen molar-refractivity contribution in [3.05, 3.63) is 181 Å². The lowest BCUT2D eigenvalue weighted by Gasteiger charge is -2.42. The molecular weight excluding hydrogens is 1050 g/mol. The van der Waals surface area contributed by atoms with Crippen LogP contribution in [0, 0.1) is 13.1 Å². The maximum absolute atomic E-state index is 13.3. The van der Waals surface area contributed by atoms with Crippen LogP contribution in [0.5, 0.6) is 0 Å². The predicted molar refractivity (Wildman–Crippen MR) is 251 cm³/mol. The van der Waals surface area contributed by atoms with Crippen LogP contribution >= 0.6 is 0 Å². The van der Waals surface area contributed by atoms with Crippen LogP contribution in [0.25, 0.3) is 9.69 Å². The first-order valence-corrected chi connectivity index (χ1v) is 23.4. The first-order valence-electron chi connectivity index (χ1n) is 23.4. The number of hydrazine groups is 1. The second-order valence-electron chi connectivity index (χ2n) is 18.6. The number of carbonyl (C=O) groups is 2. The van der Waals surface area contributed by atoms with Gasteiger partial charge in [0.05, 0.1) is 66.2 Å². The van der Waals surface area contributed by atoms with E-state index in [0.717, 1.165) is 11.1 Å². The quantitative estimate of drug-likeness (QED) is 0.0320. The summed E-state index contributed by atoms with van der Waals surface area (Å²) in [7, 11) is 0. The van der Waals surface area contributed by atoms with Gasteiger partial charge in [0.25, 0.3) is 0 Å². The summed E-state index contributed by atoms with van der Waals surface area (Å²) in [5.41, 5.74) is -5.32. The zero-order valence-electron chi connectivity index (χ0n) is 40.8. The lowest BCUT2D eigenvalue weighted by Crippen LogP contribution is -2.59. The van der Waals surface area contributed by atoms with Crippen LogP contribution in [0.15, 0.2) is 108 Å². The molecule has 412 valence electrons. The van der Waals surface area contributed by atoms with Gasteiger partial charge in [-0.1, -0.05) is 60.7 Å². The van der Waals surface area contributed by atoms with Crippen molar-refractivity contribution in [1.29, 1.82) is 0 Å². The van der Waals surface area contributed by atoms with Gasteiger partial charge in [0.1, 0.15) is 6.33 Å². The fraction of sp³-hybridized carbons (Fsp3) is 0.412. The highest BCUT2D eigenvalue weighted by atomic mass is 19.4. The minimum atomic E-state index is -4.98. The minimum Gasteiger partial charge on any atom is -0.373 e. The molecule has 1 aromatic heterocycles. The Labute approximate surface area is 432 Å². The SMILES string of the molecule is [C-]#[N+]C1(NC(=O)NNC=O)CCC(CO[C@H](C)c2cc(C(F)(F)F)cc(C(F)(F)F)c2)(c2ccccc2)CC1.[C-]#[N+][C@]1(n2cn[nH]c2=O)CC[C@@](CO[C@H](C)c2cc(C(F)(F)F)cc(C(F)(F)F)c2)(c2ccccc2)NC1. The molecule has 7 rings (SSSR count). The second kappa shape index (κ2) is 23.0. The number of nitrogens with one attached hydrogen (secondary N) is 5. The number of amides is 3. The van der Waals surface area contributed by atoms with Gasteiger partial charge in [-0.15, -0.1) is 0 Å². The molecule has 2 fully saturated rings. The van der Waals surface area contributed by atoms with Gasteiger partial charge in [-0.05, 0) is 91.8 Å². The summed E-state index contributed by atoms with van der Waals surface area (Å²) in [6, 6.07) is 20.0. The molecule has 0 radical (unpaired) electrons. The van der Waals surface area contributed by atoms with Crippen molar-refractivity contribution in [2.24, 2.45) is 0 Å². The Balaban J connectivity index is 0.000000250. The molecule has 2 heterocycles. The van der Waals surface area contributed by atoms with E-state index in [1.165, 1.54) is 24.7 Å². The molecule has 1 saturated carbocycles. The number of hydrogen-bond acceptors (Lipinski definition) is 7. The monoisotopic (exact) mass is 1100 g/mol. The van der Waals surface area contributed by atoms with Gasteiger partial charge in [0.2, 0.25) is 6.41 Å². The third kappa shape index (κ3) is 14.0. The molecular formula is C51H49F12N9O5. The molecule has 0 spiro atoms. The van der Waals surface area contributed by atoms with Crippen molar-refractivity contribution < 1.29 is 71.7 Å². The Morgan fingerprint density at radius 1 is 0.688 bits per heavy atom. The molecule has 2 aliphatic rings. The summed E-state index contributed by atoms with van der Waals surface area (Å²) in [4.78, 5) is 41.9. The second-order valence-corrected chi connectivity index (χ2v) is 18.6. The normalized spacial score (nSPS) is 22.7. The van der Waals surface area contributed by atoms with Crippen LogP contribution in [0.4, 0.5) is 57.5 Å². The molecule has 5 aromatic rings. The van der Waals surface area contributed by atoms with Gasteiger partial charge in [-0.25, -0.2) is 37.8 Å². The average Bonchev–Trinajstić information content (AvgIpc) is 3.89. The fourth-order valence-corrected chi connectivity index (χ4v) is 9.23. The topological polar surface area (TPSA) is 160 Å². The predicted octanol–water partition coefficient (Wildman–Crippen LogP) is 11.1. The lowest BCUT2D eigenvalue weighted by molar-refractivity contribution is -0.145. The molecule has 4 atom stereocenters. The molecule has 0 bridgehead atoms. The fourth-order valence-electron chi connectivity index (χ4n) is 9.23. The average molecular weight is 1100 g/mol. The number of nitrogens with zero attached hydrogens (tertiary/aromatic N) is 4. The maximum Gasteiger partial charge on any atom is 0.416 e. The number of alkyl halides is 12. The van der Waals surface area contributed by atoms with Gasteiger partial charge in [0, 0.05) is 18.3 Å². The Bertz CT molecular complexity index is 2900. The zero-order chi connectivity index (χ0) is 56.7. The Hall–Kier alpha value is -7.42. The molecule has 1 aliphatic carbocycles. The number of hydrogen-bond donors (Lipinski definition) is 5. The van der Waals surface area contributed by atoms with Crippen molar-refractivity contribution in [3.63, 3.8) is 0 Å². The Kier molecular flexibility index (Phi) is 17.6. The van der Waals surface area contributed by atoms with Crippen molar-refractivity contribution in [3.8, 4) is 0 Å². The molecule has 1 saturated heterocycles. The summed E-state index contributed by atoms with van der Waals surface area (Å²) in [5, 5.41) is 11.8. The maximum atomic E-state index is 13.3. The summed E-state index contributed by atoms with van der Waals surface area (Å²) >= 11 is 0. The van der Waals surface area contributed by atoms with Crippen LogP contribution < -0.4 is 27.2 Å². The highest BCUT2D eigenvalue weighted by Gasteiger charge is 2.52. The third-order valence-corrected chi connectivity index (χ3v) is 13.8. The van der Waals surface area contributed by atoms with E-state index in [1.807, 2.05) is 29.7 Å². The van der Waals surface area contributed by atoms with E-state index in [-0.39, 0.29) is 75.1 Å². The minimum absolute atomic E-state index is 0.0182. The van der Waals surface area contributed by atoms with Crippen LogP contribution in [0.2, 0.25) is 0 Å². The van der Waals surface area contributed by atoms with E-state index in [2.05, 4.69) is 35.9 Å². The van der Waals surface area contributed by atoms with Gasteiger partial charge >= 0.3 is 47.8 Å². The molecule has 26 heteroatoms. The van der Waals surface area contributed by atoms with Crippen LogP contribution in [0.1, 0.15) is 109 Å². The van der Waals surface area contributed by atoms with Crippen molar-refractivity contribution in [2.45, 2.75) is 112 Å². The third-order valence-electron chi connectivity index (χ3n) is 13.8. The summed E-state index contributed by atoms with van der Waals surface area (Å²) in [6.45, 7) is 18.0. The van der Waals surface area contributed by atoms with Crippen LogP contribution in [-0.4, -0.2) is 52.6 Å². The smallest absolute Gasteiger partial charge is 0.373 e. The number of urea groups is 1. The first-order chi connectivity index (χ1) is 36.0.